The summed E-state index contributed by atoms with van der Waals surface area (Å²) < 4.78 is 0. The van der Waals surface area contributed by atoms with Crippen molar-refractivity contribution in [2.24, 2.45) is 5.41 Å². The monoisotopic (exact) mass is 231 g/mol. The van der Waals surface area contributed by atoms with E-state index in [2.05, 4.69) is 4.90 Å². The van der Waals surface area contributed by atoms with Gasteiger partial charge in [-0.2, -0.15) is 11.8 Å². The fourth-order valence-corrected chi connectivity index (χ4v) is 4.22. The van der Waals surface area contributed by atoms with E-state index in [9.17, 15) is 10.2 Å². The number of likely N-dealkylation sites (N-methyl/N-ethyl adjacent to an activating group) is 1. The smallest absolute Gasteiger partial charge is 0.0864 e. The highest BCUT2D eigenvalue weighted by Gasteiger charge is 2.52. The van der Waals surface area contributed by atoms with Crippen molar-refractivity contribution in [1.29, 1.82) is 0 Å². The average Bonchev–Trinajstić information content (AvgIpc) is 2.61. The van der Waals surface area contributed by atoms with Gasteiger partial charge in [-0.25, -0.2) is 0 Å². The van der Waals surface area contributed by atoms with Crippen molar-refractivity contribution in [2.75, 3.05) is 38.2 Å². The van der Waals surface area contributed by atoms with Gasteiger partial charge in [-0.1, -0.05) is 0 Å². The maximum atomic E-state index is 10.7. The van der Waals surface area contributed by atoms with Crippen molar-refractivity contribution in [1.82, 2.24) is 4.90 Å². The van der Waals surface area contributed by atoms with E-state index in [0.29, 0.717) is 0 Å². The number of likely N-dealkylation sites (tertiary alicyclic amines) is 1. The van der Waals surface area contributed by atoms with Gasteiger partial charge in [-0.3, -0.25) is 0 Å². The largest absolute Gasteiger partial charge is 0.396 e. The minimum atomic E-state index is -0.655. The van der Waals surface area contributed by atoms with Crippen molar-refractivity contribution in [3.63, 3.8) is 0 Å². The lowest BCUT2D eigenvalue weighted by atomic mass is 9.67. The fraction of sp³-hybridized carbons (Fsp3) is 1.00. The summed E-state index contributed by atoms with van der Waals surface area (Å²) in [5.74, 6) is 2.15. The number of aliphatic hydroxyl groups is 2. The highest BCUT2D eigenvalue weighted by Crippen LogP contribution is 2.47. The van der Waals surface area contributed by atoms with Crippen LogP contribution in [0.15, 0.2) is 0 Å². The molecule has 0 saturated carbocycles. The van der Waals surface area contributed by atoms with Crippen LogP contribution < -0.4 is 0 Å². The number of hydrogen-bond donors (Lipinski definition) is 2. The van der Waals surface area contributed by atoms with Crippen molar-refractivity contribution in [3.8, 4) is 0 Å². The molecule has 2 fully saturated rings. The number of rotatable bonds is 2. The molecule has 0 amide bonds. The molecule has 2 rings (SSSR count). The summed E-state index contributed by atoms with van der Waals surface area (Å²) in [5.41, 5.74) is -0.888. The van der Waals surface area contributed by atoms with E-state index in [1.54, 1.807) is 0 Å². The van der Waals surface area contributed by atoms with Crippen LogP contribution in [0, 0.1) is 5.41 Å². The molecule has 0 bridgehead atoms. The zero-order valence-electron chi connectivity index (χ0n) is 9.41. The number of nitrogens with zero attached hydrogens (tertiary/aromatic N) is 1. The zero-order chi connectivity index (χ0) is 10.9. The zero-order valence-corrected chi connectivity index (χ0v) is 10.2. The van der Waals surface area contributed by atoms with E-state index in [0.717, 1.165) is 43.9 Å². The second-order valence-corrected chi connectivity index (χ2v) is 6.29. The Bertz CT molecular complexity index is 231. The van der Waals surface area contributed by atoms with Gasteiger partial charge >= 0.3 is 0 Å². The van der Waals surface area contributed by atoms with Crippen LogP contribution in [0.2, 0.25) is 0 Å². The molecular weight excluding hydrogens is 210 g/mol. The molecule has 2 aliphatic rings. The Labute approximate surface area is 95.8 Å². The van der Waals surface area contributed by atoms with Crippen LogP contribution >= 0.6 is 11.8 Å². The minimum absolute atomic E-state index is 0.137. The molecule has 0 aromatic carbocycles. The molecule has 1 unspecified atom stereocenters. The SMILES string of the molecule is CN1CCC(O)(C2(CO)CCSCC2)C1. The van der Waals surface area contributed by atoms with Gasteiger partial charge in [0, 0.05) is 18.5 Å². The first-order chi connectivity index (χ1) is 7.12. The third-order valence-corrected chi connectivity index (χ3v) is 5.16. The van der Waals surface area contributed by atoms with Gasteiger partial charge in [0.05, 0.1) is 12.2 Å². The van der Waals surface area contributed by atoms with E-state index < -0.39 is 5.60 Å². The van der Waals surface area contributed by atoms with Gasteiger partial charge in [0.2, 0.25) is 0 Å². The predicted octanol–water partition coefficient (Wildman–Crippen LogP) is 0.559. The van der Waals surface area contributed by atoms with E-state index in [1.165, 1.54) is 0 Å². The molecule has 2 saturated heterocycles. The second kappa shape index (κ2) is 4.24. The van der Waals surface area contributed by atoms with E-state index in [1.807, 2.05) is 18.8 Å². The first-order valence-electron chi connectivity index (χ1n) is 5.71. The van der Waals surface area contributed by atoms with Crippen LogP contribution in [0.1, 0.15) is 19.3 Å². The number of thioether (sulfide) groups is 1. The lowest BCUT2D eigenvalue weighted by Crippen LogP contribution is -2.54. The fourth-order valence-electron chi connectivity index (χ4n) is 2.95. The molecule has 15 heavy (non-hydrogen) atoms. The Balaban J connectivity index is 2.17. The highest BCUT2D eigenvalue weighted by molar-refractivity contribution is 7.99. The summed E-state index contributed by atoms with van der Waals surface area (Å²) in [7, 11) is 2.04. The third-order valence-electron chi connectivity index (χ3n) is 4.18. The molecule has 0 aromatic rings. The first-order valence-corrected chi connectivity index (χ1v) is 6.87. The van der Waals surface area contributed by atoms with Crippen molar-refractivity contribution in [3.05, 3.63) is 0 Å². The van der Waals surface area contributed by atoms with Crippen molar-refractivity contribution in [2.45, 2.75) is 24.9 Å². The first kappa shape index (κ1) is 11.7. The number of β-amino-alcohol motifs (C(OH)–C–C–N with tert-alkyl or cyclic N) is 1. The van der Waals surface area contributed by atoms with Gasteiger partial charge in [0.1, 0.15) is 0 Å². The van der Waals surface area contributed by atoms with E-state index in [-0.39, 0.29) is 12.0 Å². The summed E-state index contributed by atoms with van der Waals surface area (Å²) in [5, 5.41) is 20.4. The van der Waals surface area contributed by atoms with Crippen LogP contribution in [0.25, 0.3) is 0 Å². The summed E-state index contributed by atoms with van der Waals surface area (Å²) in [6, 6.07) is 0. The molecule has 88 valence electrons. The maximum absolute atomic E-state index is 10.7. The van der Waals surface area contributed by atoms with Crippen LogP contribution in [-0.2, 0) is 0 Å². The molecule has 4 heteroatoms. The van der Waals surface area contributed by atoms with Gasteiger partial charge < -0.3 is 15.1 Å². The normalized spacial score (nSPS) is 37.0. The van der Waals surface area contributed by atoms with Crippen LogP contribution in [0.4, 0.5) is 0 Å². The highest BCUT2D eigenvalue weighted by atomic mass is 32.2. The van der Waals surface area contributed by atoms with E-state index in [4.69, 9.17) is 0 Å². The molecule has 3 nitrogen and oxygen atoms in total. The molecule has 0 spiro atoms. The molecule has 0 aromatic heterocycles. The Kier molecular flexibility index (Phi) is 3.31. The summed E-state index contributed by atoms with van der Waals surface area (Å²) in [6.45, 7) is 1.81. The number of hydrogen-bond acceptors (Lipinski definition) is 4. The van der Waals surface area contributed by atoms with Crippen molar-refractivity contribution < 1.29 is 10.2 Å². The maximum Gasteiger partial charge on any atom is 0.0864 e. The summed E-state index contributed by atoms with van der Waals surface area (Å²) >= 11 is 1.94. The minimum Gasteiger partial charge on any atom is -0.396 e. The third kappa shape index (κ3) is 1.93. The Morgan fingerprint density at radius 2 is 1.93 bits per heavy atom. The number of aliphatic hydroxyl groups excluding tert-OH is 1. The van der Waals surface area contributed by atoms with Crippen LogP contribution in [0.3, 0.4) is 0 Å². The molecule has 0 radical (unpaired) electrons. The Morgan fingerprint density at radius 3 is 2.40 bits per heavy atom. The Hall–Kier alpha value is 0.230. The van der Waals surface area contributed by atoms with Crippen LogP contribution in [0.5, 0.6) is 0 Å². The standard InChI is InChI=1S/C11H21NO2S/c1-12-5-2-11(14,8-12)10(9-13)3-6-15-7-4-10/h13-14H,2-9H2,1H3. The topological polar surface area (TPSA) is 43.7 Å². The molecule has 2 heterocycles. The molecular formula is C11H21NO2S. The van der Waals surface area contributed by atoms with Crippen LogP contribution in [-0.4, -0.2) is 59.0 Å². The summed E-state index contributed by atoms with van der Waals surface area (Å²) in [4.78, 5) is 2.17. The molecule has 2 N–H and O–H groups in total. The molecule has 2 aliphatic heterocycles. The Morgan fingerprint density at radius 1 is 1.27 bits per heavy atom. The lowest BCUT2D eigenvalue weighted by Gasteiger charge is -2.46. The molecule has 1 atom stereocenters. The van der Waals surface area contributed by atoms with Gasteiger partial charge in [0.15, 0.2) is 0 Å². The predicted molar refractivity (Wildman–Crippen MR) is 63.1 cm³/mol. The average molecular weight is 231 g/mol. The lowest BCUT2D eigenvalue weighted by molar-refractivity contribution is -0.105. The van der Waals surface area contributed by atoms with Gasteiger partial charge in [-0.15, -0.1) is 0 Å². The van der Waals surface area contributed by atoms with Crippen molar-refractivity contribution >= 4 is 11.8 Å². The summed E-state index contributed by atoms with van der Waals surface area (Å²) in [6.07, 6.45) is 2.73. The van der Waals surface area contributed by atoms with E-state index >= 15 is 0 Å². The van der Waals surface area contributed by atoms with Gasteiger partial charge in [0.25, 0.3) is 0 Å². The van der Waals surface area contributed by atoms with Gasteiger partial charge in [-0.05, 0) is 37.8 Å². The second-order valence-electron chi connectivity index (χ2n) is 5.07. The quantitative estimate of drug-likeness (QED) is 0.729. The molecule has 0 aliphatic carbocycles.